The van der Waals surface area contributed by atoms with E-state index in [1.54, 1.807) is 12.1 Å². The Balaban J connectivity index is 1.46. The molecule has 1 aliphatic rings. The lowest BCUT2D eigenvalue weighted by atomic mass is 10.0. The second kappa shape index (κ2) is 8.86. The van der Waals surface area contributed by atoms with E-state index in [0.29, 0.717) is 26.9 Å². The Hall–Kier alpha value is -1.33. The summed E-state index contributed by atoms with van der Waals surface area (Å²) in [5.41, 5.74) is 2.02. The molecule has 25 heavy (non-hydrogen) atoms. The molecule has 2 N–H and O–H groups in total. The van der Waals surface area contributed by atoms with Crippen LogP contribution in [-0.4, -0.2) is 29.1 Å². The van der Waals surface area contributed by atoms with Crippen LogP contribution in [0.5, 0.6) is 0 Å². The van der Waals surface area contributed by atoms with Crippen molar-refractivity contribution in [3.8, 4) is 0 Å². The minimum Gasteiger partial charge on any atom is -0.360 e. The molecule has 1 fully saturated rings. The van der Waals surface area contributed by atoms with Crippen LogP contribution in [-0.2, 0) is 6.54 Å². The van der Waals surface area contributed by atoms with Gasteiger partial charge in [-0.3, -0.25) is 4.90 Å². The molecule has 1 saturated heterocycles. The predicted molar refractivity (Wildman–Crippen MR) is 111 cm³/mol. The molecule has 0 saturated carbocycles. The van der Waals surface area contributed by atoms with Crippen molar-refractivity contribution < 1.29 is 0 Å². The Morgan fingerprint density at radius 1 is 1.00 bits per heavy atom. The van der Waals surface area contributed by atoms with Crippen molar-refractivity contribution in [2.75, 3.05) is 18.4 Å². The number of hydrogen-bond donors (Lipinski definition) is 2. The molecule has 0 radical (unpaired) electrons. The van der Waals surface area contributed by atoms with E-state index in [1.165, 1.54) is 5.56 Å². The molecule has 0 spiro atoms. The first-order chi connectivity index (χ1) is 12.1. The lowest BCUT2D eigenvalue weighted by Crippen LogP contribution is -2.45. The standard InChI is InChI=1S/C19H21Cl2N3S/c20-16-7-4-8-17(21)18(16)23-19(25)22-15-9-11-24(12-10-15)13-14-5-2-1-3-6-14/h1-8,15H,9-13H2,(H2,22,23,25). The highest BCUT2D eigenvalue weighted by Crippen LogP contribution is 2.29. The van der Waals surface area contributed by atoms with Crippen LogP contribution in [0.2, 0.25) is 10.0 Å². The third-order valence-corrected chi connectivity index (χ3v) is 5.22. The summed E-state index contributed by atoms with van der Waals surface area (Å²) in [6, 6.07) is 16.4. The minimum atomic E-state index is 0.369. The highest BCUT2D eigenvalue weighted by molar-refractivity contribution is 7.80. The van der Waals surface area contributed by atoms with Crippen LogP contribution in [0.1, 0.15) is 18.4 Å². The Bertz CT molecular complexity index is 696. The molecule has 1 heterocycles. The lowest BCUT2D eigenvalue weighted by molar-refractivity contribution is 0.199. The summed E-state index contributed by atoms with van der Waals surface area (Å²) in [5, 5.41) is 8.20. The van der Waals surface area contributed by atoms with E-state index >= 15 is 0 Å². The third-order valence-electron chi connectivity index (χ3n) is 4.37. The molecule has 0 unspecified atom stereocenters. The van der Waals surface area contributed by atoms with Gasteiger partial charge in [-0.05, 0) is 42.8 Å². The van der Waals surface area contributed by atoms with E-state index in [2.05, 4.69) is 45.9 Å². The first-order valence-electron chi connectivity index (χ1n) is 8.39. The molecule has 0 atom stereocenters. The van der Waals surface area contributed by atoms with Gasteiger partial charge in [0.15, 0.2) is 5.11 Å². The molecule has 132 valence electrons. The van der Waals surface area contributed by atoms with Gasteiger partial charge in [-0.2, -0.15) is 0 Å². The van der Waals surface area contributed by atoms with Crippen LogP contribution in [0.25, 0.3) is 0 Å². The zero-order valence-corrected chi connectivity index (χ0v) is 16.2. The normalized spacial score (nSPS) is 15.8. The number of anilines is 1. The average molecular weight is 394 g/mol. The number of hydrogen-bond acceptors (Lipinski definition) is 2. The number of thiocarbonyl (C=S) groups is 1. The molecular formula is C19H21Cl2N3S. The first-order valence-corrected chi connectivity index (χ1v) is 9.56. The number of rotatable bonds is 4. The first kappa shape index (κ1) is 18.5. The molecule has 1 aliphatic heterocycles. The fourth-order valence-electron chi connectivity index (χ4n) is 3.03. The lowest BCUT2D eigenvalue weighted by Gasteiger charge is -2.33. The number of likely N-dealkylation sites (tertiary alicyclic amines) is 1. The number of benzene rings is 2. The number of nitrogens with one attached hydrogen (secondary N) is 2. The van der Waals surface area contributed by atoms with Gasteiger partial charge in [0.05, 0.1) is 15.7 Å². The van der Waals surface area contributed by atoms with Crippen LogP contribution in [0.3, 0.4) is 0 Å². The van der Waals surface area contributed by atoms with Gasteiger partial charge >= 0.3 is 0 Å². The SMILES string of the molecule is S=C(Nc1c(Cl)cccc1Cl)NC1CCN(Cc2ccccc2)CC1. The Labute approximate surface area is 164 Å². The Kier molecular flexibility index (Phi) is 6.54. The van der Waals surface area contributed by atoms with Crippen LogP contribution in [0, 0.1) is 0 Å². The van der Waals surface area contributed by atoms with Crippen molar-refractivity contribution in [3.05, 3.63) is 64.1 Å². The number of nitrogens with zero attached hydrogens (tertiary/aromatic N) is 1. The molecule has 0 bridgehead atoms. The molecular weight excluding hydrogens is 373 g/mol. The summed E-state index contributed by atoms with van der Waals surface area (Å²) in [4.78, 5) is 2.48. The Morgan fingerprint density at radius 2 is 1.64 bits per heavy atom. The van der Waals surface area contributed by atoms with Gasteiger partial charge in [0, 0.05) is 25.7 Å². The van der Waals surface area contributed by atoms with Crippen LogP contribution < -0.4 is 10.6 Å². The van der Waals surface area contributed by atoms with Gasteiger partial charge in [-0.25, -0.2) is 0 Å². The van der Waals surface area contributed by atoms with E-state index in [9.17, 15) is 0 Å². The van der Waals surface area contributed by atoms with E-state index in [-0.39, 0.29) is 0 Å². The summed E-state index contributed by atoms with van der Waals surface area (Å²) in [5.74, 6) is 0. The third kappa shape index (κ3) is 5.32. The van der Waals surface area contributed by atoms with Crippen molar-refractivity contribution in [1.29, 1.82) is 0 Å². The summed E-state index contributed by atoms with van der Waals surface area (Å²) < 4.78 is 0. The van der Waals surface area contributed by atoms with E-state index in [4.69, 9.17) is 35.4 Å². The van der Waals surface area contributed by atoms with Crippen molar-refractivity contribution in [2.24, 2.45) is 0 Å². The quantitative estimate of drug-likeness (QED) is 0.718. The number of para-hydroxylation sites is 1. The highest BCUT2D eigenvalue weighted by atomic mass is 35.5. The molecule has 3 rings (SSSR count). The summed E-state index contributed by atoms with van der Waals surface area (Å²) in [6.07, 6.45) is 2.12. The maximum atomic E-state index is 6.17. The largest absolute Gasteiger partial charge is 0.360 e. The van der Waals surface area contributed by atoms with Crippen molar-refractivity contribution in [2.45, 2.75) is 25.4 Å². The van der Waals surface area contributed by atoms with Gasteiger partial charge in [0.1, 0.15) is 0 Å². The molecule has 3 nitrogen and oxygen atoms in total. The smallest absolute Gasteiger partial charge is 0.171 e. The zero-order valence-electron chi connectivity index (χ0n) is 13.8. The fraction of sp³-hybridized carbons (Fsp3) is 0.316. The van der Waals surface area contributed by atoms with Crippen LogP contribution in [0.4, 0.5) is 5.69 Å². The Morgan fingerprint density at radius 3 is 2.28 bits per heavy atom. The fourth-order valence-corrected chi connectivity index (χ4v) is 3.79. The topological polar surface area (TPSA) is 27.3 Å². The maximum absolute atomic E-state index is 6.17. The number of piperidine rings is 1. The minimum absolute atomic E-state index is 0.369. The van der Waals surface area contributed by atoms with Gasteiger partial charge in [0.25, 0.3) is 0 Å². The summed E-state index contributed by atoms with van der Waals surface area (Å²) in [7, 11) is 0. The average Bonchev–Trinajstić information content (AvgIpc) is 2.61. The predicted octanol–water partition coefficient (Wildman–Crippen LogP) is 4.94. The zero-order chi connectivity index (χ0) is 17.6. The maximum Gasteiger partial charge on any atom is 0.171 e. The van der Waals surface area contributed by atoms with Crippen LogP contribution >= 0.6 is 35.4 Å². The molecule has 2 aromatic rings. The van der Waals surface area contributed by atoms with Gasteiger partial charge in [-0.15, -0.1) is 0 Å². The van der Waals surface area contributed by atoms with Gasteiger partial charge in [0.2, 0.25) is 0 Å². The molecule has 0 aliphatic carbocycles. The second-order valence-electron chi connectivity index (χ2n) is 6.23. The monoisotopic (exact) mass is 393 g/mol. The van der Waals surface area contributed by atoms with Crippen molar-refractivity contribution in [1.82, 2.24) is 10.2 Å². The van der Waals surface area contributed by atoms with E-state index in [1.807, 2.05) is 6.07 Å². The van der Waals surface area contributed by atoms with Gasteiger partial charge < -0.3 is 10.6 Å². The molecule has 6 heteroatoms. The molecule has 0 amide bonds. The number of halogens is 2. The van der Waals surface area contributed by atoms with Crippen molar-refractivity contribution in [3.63, 3.8) is 0 Å². The molecule has 2 aromatic carbocycles. The summed E-state index contributed by atoms with van der Waals surface area (Å²) >= 11 is 17.8. The van der Waals surface area contributed by atoms with Crippen molar-refractivity contribution >= 4 is 46.2 Å². The van der Waals surface area contributed by atoms with Gasteiger partial charge in [-0.1, -0.05) is 59.6 Å². The highest BCUT2D eigenvalue weighted by Gasteiger charge is 2.20. The van der Waals surface area contributed by atoms with E-state index in [0.717, 1.165) is 32.5 Å². The summed E-state index contributed by atoms with van der Waals surface area (Å²) in [6.45, 7) is 3.12. The second-order valence-corrected chi connectivity index (χ2v) is 7.45. The van der Waals surface area contributed by atoms with E-state index < -0.39 is 0 Å². The molecule has 0 aromatic heterocycles. The van der Waals surface area contributed by atoms with Crippen LogP contribution in [0.15, 0.2) is 48.5 Å².